The third-order valence-electron chi connectivity index (χ3n) is 8.79. The average molecular weight is 833 g/mol. The molecule has 0 atom stereocenters. The molecule has 56 heavy (non-hydrogen) atoms. The third-order valence-corrected chi connectivity index (χ3v) is 14.1. The summed E-state index contributed by atoms with van der Waals surface area (Å²) in [6.45, 7) is 1.92. The van der Waals surface area contributed by atoms with Crippen molar-refractivity contribution in [3.05, 3.63) is 138 Å². The number of benzene rings is 5. The lowest BCUT2D eigenvalue weighted by Gasteiger charge is -2.42. The van der Waals surface area contributed by atoms with Crippen LogP contribution < -0.4 is 4.74 Å². The van der Waals surface area contributed by atoms with Crippen LogP contribution in [0.4, 0.5) is 39.5 Å². The van der Waals surface area contributed by atoms with E-state index >= 15 is 8.78 Å². The van der Waals surface area contributed by atoms with Gasteiger partial charge in [0.1, 0.15) is 5.75 Å². The summed E-state index contributed by atoms with van der Waals surface area (Å²) in [5.41, 5.74) is 2.16. The highest BCUT2D eigenvalue weighted by Gasteiger charge is 2.86. The van der Waals surface area contributed by atoms with Gasteiger partial charge in [0.25, 0.3) is 0 Å². The molecule has 0 aliphatic rings. The maximum absolute atomic E-state index is 15.6. The number of hydrogen-bond donors (Lipinski definition) is 0. The topological polar surface area (TPSA) is 71.1 Å². The second-order valence-corrected chi connectivity index (χ2v) is 16.6. The fourth-order valence-electron chi connectivity index (χ4n) is 5.79. The van der Waals surface area contributed by atoms with Crippen molar-refractivity contribution < 1.29 is 65.8 Å². The summed E-state index contributed by atoms with van der Waals surface area (Å²) < 4.78 is 178. The van der Waals surface area contributed by atoms with Crippen molar-refractivity contribution in [2.45, 2.75) is 50.7 Å². The Bertz CT molecular complexity index is 2260. The van der Waals surface area contributed by atoms with Crippen molar-refractivity contribution >= 4 is 37.3 Å². The Morgan fingerprint density at radius 2 is 1.16 bits per heavy atom. The maximum Gasteiger partial charge on any atom is 0.460 e. The number of halogens is 9. The smallest absolute Gasteiger partial charge is 0.460 e. The molecule has 5 rings (SSSR count). The first-order valence-electron chi connectivity index (χ1n) is 16.2. The average Bonchev–Trinajstić information content (AvgIpc) is 3.17. The van der Waals surface area contributed by atoms with E-state index in [4.69, 9.17) is 17.8 Å². The molecule has 0 aliphatic carbocycles. The first-order valence-corrected chi connectivity index (χ1v) is 19.2. The third kappa shape index (κ3) is 7.15. The molecule has 0 radical (unpaired) electrons. The molecule has 0 unspecified atom stereocenters. The summed E-state index contributed by atoms with van der Waals surface area (Å²) in [6, 6.07) is 27.6. The number of aryl methyl sites for hydroxylation is 1. The van der Waals surface area contributed by atoms with E-state index in [1.54, 1.807) is 12.2 Å². The highest BCUT2D eigenvalue weighted by molar-refractivity contribution is 8.33. The van der Waals surface area contributed by atoms with Gasteiger partial charge in [-0.15, -0.1) is 0 Å². The van der Waals surface area contributed by atoms with Gasteiger partial charge >= 0.3 is 33.4 Å². The molecular formula is C39H33F9O6S2. The number of ether oxygens (including phenoxy) is 3. The predicted molar refractivity (Wildman–Crippen MR) is 193 cm³/mol. The van der Waals surface area contributed by atoms with Crippen LogP contribution in [0.2, 0.25) is 0 Å². The van der Waals surface area contributed by atoms with Gasteiger partial charge in [-0.2, -0.15) is 47.9 Å². The van der Waals surface area contributed by atoms with Crippen LogP contribution in [0.25, 0.3) is 16.8 Å². The number of rotatable bonds is 14. The molecule has 0 saturated heterocycles. The molecule has 0 N–H and O–H groups in total. The zero-order valence-corrected chi connectivity index (χ0v) is 31.4. The SMILES string of the molecule is COc1ccc2cc(C(C=Cc3ccc(C)cc3)(OC)OC)ccc2c1S(OS(=O)(=O)C(F)(F)C(F)(F)C(F)(F)C(F)(F)F)(c1ccccc1)c1ccccc1. The number of alkyl halides is 9. The van der Waals surface area contributed by atoms with Crippen LogP contribution in [0, 0.1) is 6.92 Å². The van der Waals surface area contributed by atoms with Crippen molar-refractivity contribution in [2.75, 3.05) is 21.3 Å². The molecule has 300 valence electrons. The first-order chi connectivity index (χ1) is 26.2. The van der Waals surface area contributed by atoms with Crippen molar-refractivity contribution in [1.29, 1.82) is 0 Å². The van der Waals surface area contributed by atoms with E-state index in [-0.39, 0.29) is 31.2 Å². The zero-order valence-electron chi connectivity index (χ0n) is 29.8. The van der Waals surface area contributed by atoms with Crippen LogP contribution in [0.5, 0.6) is 5.75 Å². The fourth-order valence-corrected chi connectivity index (χ4v) is 11.3. The predicted octanol–water partition coefficient (Wildman–Crippen LogP) is 11.3. The van der Waals surface area contributed by atoms with Gasteiger partial charge in [-0.25, -0.2) is 3.63 Å². The van der Waals surface area contributed by atoms with Crippen molar-refractivity contribution in [2.24, 2.45) is 0 Å². The zero-order chi connectivity index (χ0) is 41.4. The summed E-state index contributed by atoms with van der Waals surface area (Å²) >= 11 is 0. The van der Waals surface area contributed by atoms with Crippen LogP contribution in [-0.4, -0.2) is 53.0 Å². The van der Waals surface area contributed by atoms with E-state index in [0.29, 0.717) is 5.56 Å². The van der Waals surface area contributed by atoms with E-state index in [1.165, 1.54) is 105 Å². The molecule has 5 aromatic carbocycles. The van der Waals surface area contributed by atoms with E-state index in [1.807, 2.05) is 31.2 Å². The standard InChI is InChI=1S/C39H33F9O6S2/c1-26-15-17-27(18-16-26)23-24-35(52-3,53-4)29-20-21-32-28(25-29)19-22-33(51-2)34(32)55(30-11-7-5-8-12-30,31-13-9-6-10-14-31)54-56(49,50)39(47,48)37(42,43)36(40,41)38(44,45)46/h5-25H,1-4H3. The summed E-state index contributed by atoms with van der Waals surface area (Å²) in [7, 11) is -8.03. The first kappa shape index (κ1) is 42.6. The molecule has 0 fully saturated rings. The lowest BCUT2D eigenvalue weighted by Crippen LogP contribution is -2.63. The van der Waals surface area contributed by atoms with Gasteiger partial charge in [0.05, 0.1) is 12.0 Å². The molecule has 6 nitrogen and oxygen atoms in total. The van der Waals surface area contributed by atoms with Gasteiger partial charge in [0.2, 0.25) is 5.79 Å². The summed E-state index contributed by atoms with van der Waals surface area (Å²) in [5.74, 6) is -16.9. The lowest BCUT2D eigenvalue weighted by molar-refractivity contribution is -0.382. The van der Waals surface area contributed by atoms with E-state index < -0.39 is 49.5 Å². The normalized spacial score (nSPS) is 14.0. The van der Waals surface area contributed by atoms with Crippen LogP contribution in [-0.2, 0) is 29.0 Å². The molecule has 0 amide bonds. The second kappa shape index (κ2) is 15.4. The Labute approximate surface area is 318 Å². The molecular weight excluding hydrogens is 800 g/mol. The minimum Gasteiger partial charge on any atom is -0.496 e. The monoisotopic (exact) mass is 832 g/mol. The fraction of sp³-hybridized carbons (Fsp3) is 0.231. The molecule has 17 heteroatoms. The van der Waals surface area contributed by atoms with Crippen molar-refractivity contribution in [1.82, 2.24) is 0 Å². The lowest BCUT2D eigenvalue weighted by atomic mass is 9.99. The van der Waals surface area contributed by atoms with E-state index in [0.717, 1.165) is 18.2 Å². The largest absolute Gasteiger partial charge is 0.496 e. The molecule has 0 aliphatic heterocycles. The molecule has 0 spiro atoms. The maximum atomic E-state index is 15.6. The quantitative estimate of drug-likeness (QED) is 0.0820. The second-order valence-electron chi connectivity index (χ2n) is 12.2. The van der Waals surface area contributed by atoms with Gasteiger partial charge in [-0.05, 0) is 70.7 Å². The Morgan fingerprint density at radius 1 is 0.625 bits per heavy atom. The van der Waals surface area contributed by atoms with E-state index in [2.05, 4.69) is 0 Å². The summed E-state index contributed by atoms with van der Waals surface area (Å²) in [4.78, 5) is -0.881. The van der Waals surface area contributed by atoms with Gasteiger partial charge in [-0.3, -0.25) is 0 Å². The highest BCUT2D eigenvalue weighted by Crippen LogP contribution is 2.74. The number of hydrogen-bond acceptors (Lipinski definition) is 6. The minimum absolute atomic E-state index is 0.0188. The Hall–Kier alpha value is -4.55. The Balaban J connectivity index is 1.84. The summed E-state index contributed by atoms with van der Waals surface area (Å²) in [5, 5.41) is -6.91. The number of fused-ring (bicyclic) bond motifs is 1. The van der Waals surface area contributed by atoms with Crippen molar-refractivity contribution in [3.63, 3.8) is 0 Å². The van der Waals surface area contributed by atoms with Gasteiger partial charge in [0.15, 0.2) is 0 Å². The van der Waals surface area contributed by atoms with Crippen LogP contribution in [0.15, 0.2) is 136 Å². The summed E-state index contributed by atoms with van der Waals surface area (Å²) in [6.07, 6.45) is -3.95. The molecule has 0 aromatic heterocycles. The molecule has 0 saturated carbocycles. The molecule has 5 aromatic rings. The van der Waals surface area contributed by atoms with Gasteiger partial charge in [0, 0.05) is 35.0 Å². The van der Waals surface area contributed by atoms with Gasteiger partial charge < -0.3 is 14.2 Å². The Morgan fingerprint density at radius 3 is 1.64 bits per heavy atom. The molecule has 0 heterocycles. The van der Waals surface area contributed by atoms with Gasteiger partial charge in [-0.1, -0.05) is 90.5 Å². The minimum atomic E-state index is -7.55. The number of methoxy groups -OCH3 is 3. The molecule has 0 bridgehead atoms. The highest BCUT2D eigenvalue weighted by atomic mass is 32.3. The van der Waals surface area contributed by atoms with Crippen molar-refractivity contribution in [3.8, 4) is 5.75 Å². The van der Waals surface area contributed by atoms with Crippen LogP contribution >= 0.6 is 10.3 Å². The van der Waals surface area contributed by atoms with Crippen LogP contribution in [0.3, 0.4) is 0 Å². The van der Waals surface area contributed by atoms with E-state index in [9.17, 15) is 39.2 Å². The Kier molecular flexibility index (Phi) is 11.7. The van der Waals surface area contributed by atoms with Crippen LogP contribution in [0.1, 0.15) is 16.7 Å².